The first-order chi connectivity index (χ1) is 11.7. The van der Waals surface area contributed by atoms with Crippen molar-refractivity contribution in [2.75, 3.05) is 19.0 Å². The Kier molecular flexibility index (Phi) is 4.17. The lowest BCUT2D eigenvalue weighted by Crippen LogP contribution is -2.06. The third-order valence-corrected chi connectivity index (χ3v) is 3.57. The van der Waals surface area contributed by atoms with E-state index in [-0.39, 0.29) is 5.69 Å². The van der Waals surface area contributed by atoms with Crippen molar-refractivity contribution in [1.29, 1.82) is 0 Å². The Labute approximate surface area is 139 Å². The van der Waals surface area contributed by atoms with Crippen molar-refractivity contribution >= 4 is 22.7 Å². The van der Waals surface area contributed by atoms with Crippen LogP contribution in [0.4, 0.5) is 5.82 Å². The smallest absolute Gasteiger partial charge is 0.359 e. The summed E-state index contributed by atoms with van der Waals surface area (Å²) in [5.74, 6) is 2.68. The van der Waals surface area contributed by atoms with E-state index < -0.39 is 5.97 Å². The Morgan fingerprint density at radius 2 is 2.25 bits per heavy atom. The standard InChI is InChI=1S/C18H16N4O2/c1-4-12-7-6-8-13(11-12)22-14-9-10-20-17(19-5-2)15(14)16(21-22)18(23)24-3/h1,6-11H,5H2,2-3H3,(H,19,20). The van der Waals surface area contributed by atoms with Crippen molar-refractivity contribution in [1.82, 2.24) is 14.8 Å². The molecule has 0 bridgehead atoms. The van der Waals surface area contributed by atoms with Crippen LogP contribution in [0.15, 0.2) is 36.5 Å². The van der Waals surface area contributed by atoms with E-state index in [1.165, 1.54) is 7.11 Å². The van der Waals surface area contributed by atoms with Crippen LogP contribution in [0.1, 0.15) is 23.0 Å². The number of aromatic nitrogens is 3. The average molecular weight is 320 g/mol. The Morgan fingerprint density at radius 1 is 1.42 bits per heavy atom. The van der Waals surface area contributed by atoms with Gasteiger partial charge in [0.1, 0.15) is 5.82 Å². The number of nitrogens with zero attached hydrogens (tertiary/aromatic N) is 3. The number of pyridine rings is 1. The fraction of sp³-hybridized carbons (Fsp3) is 0.167. The van der Waals surface area contributed by atoms with Gasteiger partial charge in [0.2, 0.25) is 0 Å². The van der Waals surface area contributed by atoms with Gasteiger partial charge in [-0.15, -0.1) is 6.42 Å². The number of carbonyl (C=O) groups excluding carboxylic acids is 1. The molecule has 0 atom stereocenters. The van der Waals surface area contributed by atoms with Gasteiger partial charge in [0.25, 0.3) is 0 Å². The monoisotopic (exact) mass is 320 g/mol. The zero-order chi connectivity index (χ0) is 17.1. The highest BCUT2D eigenvalue weighted by molar-refractivity contribution is 6.07. The summed E-state index contributed by atoms with van der Waals surface area (Å²) in [7, 11) is 1.33. The van der Waals surface area contributed by atoms with Gasteiger partial charge in [-0.3, -0.25) is 0 Å². The van der Waals surface area contributed by atoms with E-state index in [9.17, 15) is 4.79 Å². The molecule has 0 fully saturated rings. The summed E-state index contributed by atoms with van der Waals surface area (Å²) in [6.45, 7) is 2.63. The number of methoxy groups -OCH3 is 1. The summed E-state index contributed by atoms with van der Waals surface area (Å²) in [5, 5.41) is 8.22. The number of terminal acetylenes is 1. The number of nitrogens with one attached hydrogen (secondary N) is 1. The van der Waals surface area contributed by atoms with Gasteiger partial charge in [0, 0.05) is 18.3 Å². The number of hydrogen-bond donors (Lipinski definition) is 1. The number of ether oxygens (including phenoxy) is 1. The van der Waals surface area contributed by atoms with Gasteiger partial charge in [-0.2, -0.15) is 5.10 Å². The molecule has 0 aliphatic rings. The van der Waals surface area contributed by atoms with E-state index >= 15 is 0 Å². The SMILES string of the molecule is C#Cc1cccc(-n2nc(C(=O)OC)c3c(NCC)nccc32)c1. The third kappa shape index (κ3) is 2.57. The van der Waals surface area contributed by atoms with E-state index in [4.69, 9.17) is 11.2 Å². The Hall–Kier alpha value is -3.33. The molecule has 0 amide bonds. The number of esters is 1. The summed E-state index contributed by atoms with van der Waals surface area (Å²) in [5.41, 5.74) is 2.45. The number of carbonyl (C=O) groups is 1. The van der Waals surface area contributed by atoms with Gasteiger partial charge in [0.05, 0.1) is 23.7 Å². The summed E-state index contributed by atoms with van der Waals surface area (Å²) in [6.07, 6.45) is 7.15. The molecule has 6 nitrogen and oxygen atoms in total. The highest BCUT2D eigenvalue weighted by Crippen LogP contribution is 2.28. The molecule has 1 aromatic carbocycles. The zero-order valence-corrected chi connectivity index (χ0v) is 13.4. The molecule has 6 heteroatoms. The molecule has 0 aliphatic carbocycles. The van der Waals surface area contributed by atoms with Gasteiger partial charge >= 0.3 is 5.97 Å². The molecule has 2 aromatic heterocycles. The van der Waals surface area contributed by atoms with Crippen LogP contribution in [0, 0.1) is 12.3 Å². The lowest BCUT2D eigenvalue weighted by atomic mass is 10.2. The van der Waals surface area contributed by atoms with Crippen molar-refractivity contribution < 1.29 is 9.53 Å². The third-order valence-electron chi connectivity index (χ3n) is 3.57. The van der Waals surface area contributed by atoms with Crippen LogP contribution < -0.4 is 5.32 Å². The number of fused-ring (bicyclic) bond motifs is 1. The quantitative estimate of drug-likeness (QED) is 0.591. The highest BCUT2D eigenvalue weighted by atomic mass is 16.5. The number of benzene rings is 1. The maximum Gasteiger partial charge on any atom is 0.359 e. The van der Waals surface area contributed by atoms with Gasteiger partial charge in [-0.05, 0) is 31.2 Å². The van der Waals surface area contributed by atoms with Crippen LogP contribution in [0.5, 0.6) is 0 Å². The van der Waals surface area contributed by atoms with Crippen LogP contribution in [0.25, 0.3) is 16.6 Å². The molecular formula is C18H16N4O2. The van der Waals surface area contributed by atoms with E-state index in [0.717, 1.165) is 16.8 Å². The lowest BCUT2D eigenvalue weighted by Gasteiger charge is -2.06. The van der Waals surface area contributed by atoms with Crippen molar-refractivity contribution in [2.24, 2.45) is 0 Å². The fourth-order valence-corrected chi connectivity index (χ4v) is 2.53. The minimum absolute atomic E-state index is 0.211. The Balaban J connectivity index is 2.31. The van der Waals surface area contributed by atoms with E-state index in [2.05, 4.69) is 21.3 Å². The summed E-state index contributed by atoms with van der Waals surface area (Å²) in [4.78, 5) is 16.5. The maximum atomic E-state index is 12.2. The molecular weight excluding hydrogens is 304 g/mol. The van der Waals surface area contributed by atoms with Gasteiger partial charge in [-0.1, -0.05) is 12.0 Å². The Bertz CT molecular complexity index is 953. The minimum atomic E-state index is -0.515. The summed E-state index contributed by atoms with van der Waals surface area (Å²) in [6, 6.07) is 9.20. The summed E-state index contributed by atoms with van der Waals surface area (Å²) < 4.78 is 6.54. The first-order valence-corrected chi connectivity index (χ1v) is 7.46. The van der Waals surface area contributed by atoms with Crippen LogP contribution in [0.3, 0.4) is 0 Å². The maximum absolute atomic E-state index is 12.2. The molecule has 2 heterocycles. The van der Waals surface area contributed by atoms with E-state index in [1.807, 2.05) is 31.2 Å². The first kappa shape index (κ1) is 15.6. The second-order valence-electron chi connectivity index (χ2n) is 5.03. The molecule has 120 valence electrons. The predicted molar refractivity (Wildman–Crippen MR) is 92.3 cm³/mol. The molecule has 1 N–H and O–H groups in total. The second kappa shape index (κ2) is 6.42. The van der Waals surface area contributed by atoms with Crippen LogP contribution >= 0.6 is 0 Å². The minimum Gasteiger partial charge on any atom is -0.464 e. The number of rotatable bonds is 4. The van der Waals surface area contributed by atoms with Gasteiger partial charge < -0.3 is 10.1 Å². The first-order valence-electron chi connectivity index (χ1n) is 7.46. The molecule has 0 spiro atoms. The van der Waals surface area contributed by atoms with Crippen LogP contribution in [-0.4, -0.2) is 34.4 Å². The van der Waals surface area contributed by atoms with Crippen molar-refractivity contribution in [2.45, 2.75) is 6.92 Å². The molecule has 24 heavy (non-hydrogen) atoms. The van der Waals surface area contributed by atoms with Crippen molar-refractivity contribution in [3.8, 4) is 18.0 Å². The molecule has 3 aromatic rings. The lowest BCUT2D eigenvalue weighted by molar-refractivity contribution is 0.0595. The average Bonchev–Trinajstić information content (AvgIpc) is 3.02. The zero-order valence-electron chi connectivity index (χ0n) is 13.4. The number of anilines is 1. The van der Waals surface area contributed by atoms with Crippen LogP contribution in [0.2, 0.25) is 0 Å². The van der Waals surface area contributed by atoms with E-state index in [0.29, 0.717) is 17.7 Å². The molecule has 0 saturated heterocycles. The molecule has 3 rings (SSSR count). The van der Waals surface area contributed by atoms with Crippen molar-refractivity contribution in [3.63, 3.8) is 0 Å². The fourth-order valence-electron chi connectivity index (χ4n) is 2.53. The predicted octanol–water partition coefficient (Wildman–Crippen LogP) is 2.62. The second-order valence-corrected chi connectivity index (χ2v) is 5.03. The topological polar surface area (TPSA) is 69.0 Å². The molecule has 0 unspecified atom stereocenters. The molecule has 0 aliphatic heterocycles. The van der Waals surface area contributed by atoms with Crippen LogP contribution in [-0.2, 0) is 4.74 Å². The largest absolute Gasteiger partial charge is 0.464 e. The number of hydrogen-bond acceptors (Lipinski definition) is 5. The normalized spacial score (nSPS) is 10.4. The summed E-state index contributed by atoms with van der Waals surface area (Å²) >= 11 is 0. The van der Waals surface area contributed by atoms with E-state index in [1.54, 1.807) is 16.9 Å². The Morgan fingerprint density at radius 3 is 2.96 bits per heavy atom. The molecule has 0 radical (unpaired) electrons. The molecule has 0 saturated carbocycles. The van der Waals surface area contributed by atoms with Crippen molar-refractivity contribution in [3.05, 3.63) is 47.8 Å². The highest BCUT2D eigenvalue weighted by Gasteiger charge is 2.22. The van der Waals surface area contributed by atoms with Gasteiger partial charge in [-0.25, -0.2) is 14.5 Å². The van der Waals surface area contributed by atoms with Gasteiger partial charge in [0.15, 0.2) is 5.69 Å².